The van der Waals surface area contributed by atoms with Gasteiger partial charge in [-0.3, -0.25) is 0 Å². The highest BCUT2D eigenvalue weighted by atomic mass is 32.2. The van der Waals surface area contributed by atoms with Gasteiger partial charge < -0.3 is 9.47 Å². The van der Waals surface area contributed by atoms with Gasteiger partial charge in [-0.15, -0.1) is 0 Å². The van der Waals surface area contributed by atoms with Crippen molar-refractivity contribution in [3.05, 3.63) is 83.9 Å². The minimum absolute atomic E-state index is 0.0325. The fourth-order valence-corrected chi connectivity index (χ4v) is 5.24. The number of nitrogens with one attached hydrogen (secondary N) is 2. The van der Waals surface area contributed by atoms with Crippen LogP contribution < -0.4 is 9.44 Å². The Kier molecular flexibility index (Phi) is 12.3. The molecule has 0 aromatic heterocycles. The van der Waals surface area contributed by atoms with E-state index in [0.29, 0.717) is 11.1 Å². The van der Waals surface area contributed by atoms with Gasteiger partial charge in [0.15, 0.2) is 0 Å². The number of carbonyl (C=O) groups is 2. The summed E-state index contributed by atoms with van der Waals surface area (Å²) in [5.74, 6) is -1.82. The van der Waals surface area contributed by atoms with E-state index in [9.17, 15) is 26.4 Å². The number of carbonyl (C=O) groups excluding carboxylic acids is 2. The zero-order valence-corrected chi connectivity index (χ0v) is 21.3. The Balaban J connectivity index is 1.53. The van der Waals surface area contributed by atoms with Gasteiger partial charge >= 0.3 is 11.9 Å². The third kappa shape index (κ3) is 13.1. The minimum atomic E-state index is -3.50. The lowest BCUT2D eigenvalue weighted by atomic mass is 10.2. The molecule has 196 valence electrons. The summed E-state index contributed by atoms with van der Waals surface area (Å²) in [5, 5.41) is 0. The molecule has 0 bridgehead atoms. The monoisotopic (exact) mass is 538 g/mol. The number of hydrogen-bond acceptors (Lipinski definition) is 8. The third-order valence-corrected chi connectivity index (χ3v) is 7.24. The molecular weight excluding hydrogens is 508 g/mol. The molecule has 0 radical (unpaired) electrons. The fraction of sp³-hybridized carbons (Fsp3) is 0.333. The topological polar surface area (TPSA) is 145 Å². The molecule has 0 atom stereocenters. The Morgan fingerprint density at radius 1 is 0.639 bits per heavy atom. The number of hydrogen-bond donors (Lipinski definition) is 2. The van der Waals surface area contributed by atoms with Gasteiger partial charge in [-0.2, -0.15) is 0 Å². The number of esters is 2. The van der Waals surface area contributed by atoms with Gasteiger partial charge in [0.1, 0.15) is 0 Å². The summed E-state index contributed by atoms with van der Waals surface area (Å²) in [6.07, 6.45) is 2.34. The molecular formula is C24H30N2O8S2. The predicted molar refractivity (Wildman–Crippen MR) is 134 cm³/mol. The molecule has 0 saturated carbocycles. The van der Waals surface area contributed by atoms with Gasteiger partial charge in [-0.25, -0.2) is 35.9 Å². The smallest absolute Gasteiger partial charge is 0.331 e. The summed E-state index contributed by atoms with van der Waals surface area (Å²) in [6.45, 7) is 0.136. The molecule has 0 aliphatic heterocycles. The van der Waals surface area contributed by atoms with Crippen molar-refractivity contribution in [2.24, 2.45) is 0 Å². The van der Waals surface area contributed by atoms with Crippen molar-refractivity contribution < 1.29 is 35.9 Å². The molecule has 12 heteroatoms. The quantitative estimate of drug-likeness (QED) is 0.186. The van der Waals surface area contributed by atoms with Crippen LogP contribution in [0.4, 0.5) is 0 Å². The molecule has 0 aliphatic rings. The molecule has 0 amide bonds. The maximum absolute atomic E-state index is 12.0. The van der Waals surface area contributed by atoms with Gasteiger partial charge in [0.25, 0.3) is 0 Å². The van der Waals surface area contributed by atoms with E-state index in [1.165, 1.54) is 0 Å². The van der Waals surface area contributed by atoms with E-state index in [-0.39, 0.29) is 50.7 Å². The van der Waals surface area contributed by atoms with Crippen LogP contribution in [0.1, 0.15) is 24.0 Å². The number of benzene rings is 2. The maximum atomic E-state index is 12.0. The van der Waals surface area contributed by atoms with Gasteiger partial charge in [0, 0.05) is 25.2 Å². The molecule has 0 aliphatic carbocycles. The Bertz CT molecular complexity index is 1100. The van der Waals surface area contributed by atoms with E-state index < -0.39 is 32.0 Å². The molecule has 2 rings (SSSR count). The van der Waals surface area contributed by atoms with Crippen LogP contribution in [0, 0.1) is 0 Å². The second kappa shape index (κ2) is 15.1. The first kappa shape index (κ1) is 29.2. The van der Waals surface area contributed by atoms with Crippen LogP contribution in [0.2, 0.25) is 0 Å². The van der Waals surface area contributed by atoms with E-state index in [4.69, 9.17) is 9.47 Å². The van der Waals surface area contributed by atoms with Crippen molar-refractivity contribution in [1.29, 1.82) is 0 Å². The van der Waals surface area contributed by atoms with Gasteiger partial charge in [0.05, 0.1) is 24.7 Å². The maximum Gasteiger partial charge on any atom is 0.331 e. The zero-order chi connectivity index (χ0) is 26.3. The molecule has 10 nitrogen and oxygen atoms in total. The van der Waals surface area contributed by atoms with E-state index in [1.807, 2.05) is 0 Å². The van der Waals surface area contributed by atoms with Crippen LogP contribution in [0.5, 0.6) is 0 Å². The van der Waals surface area contributed by atoms with E-state index in [2.05, 4.69) is 9.44 Å². The van der Waals surface area contributed by atoms with Crippen LogP contribution in [-0.2, 0) is 50.6 Å². The van der Waals surface area contributed by atoms with E-state index in [1.54, 1.807) is 60.7 Å². The molecule has 36 heavy (non-hydrogen) atoms. The molecule has 0 heterocycles. The van der Waals surface area contributed by atoms with Crippen LogP contribution >= 0.6 is 0 Å². The lowest BCUT2D eigenvalue weighted by Gasteiger charge is -2.07. The molecule has 0 fully saturated rings. The summed E-state index contributed by atoms with van der Waals surface area (Å²) >= 11 is 0. The Hall–Kier alpha value is -3.06. The minimum Gasteiger partial charge on any atom is -0.462 e. The van der Waals surface area contributed by atoms with E-state index >= 15 is 0 Å². The average Bonchev–Trinajstić information content (AvgIpc) is 2.83. The largest absolute Gasteiger partial charge is 0.462 e. The predicted octanol–water partition coefficient (Wildman–Crippen LogP) is 1.65. The van der Waals surface area contributed by atoms with E-state index in [0.717, 1.165) is 12.2 Å². The number of rotatable bonds is 16. The first-order chi connectivity index (χ1) is 17.2. The van der Waals surface area contributed by atoms with Crippen LogP contribution in [0.3, 0.4) is 0 Å². The molecule has 0 spiro atoms. The second-order valence-corrected chi connectivity index (χ2v) is 11.3. The van der Waals surface area contributed by atoms with Crippen LogP contribution in [0.25, 0.3) is 0 Å². The number of ether oxygens (including phenoxy) is 2. The Morgan fingerprint density at radius 3 is 1.36 bits per heavy atom. The highest BCUT2D eigenvalue weighted by Crippen LogP contribution is 2.05. The summed E-state index contributed by atoms with van der Waals surface area (Å²) in [6, 6.07) is 17.5. The summed E-state index contributed by atoms with van der Waals surface area (Å²) in [5.41, 5.74) is 1.33. The van der Waals surface area contributed by atoms with Gasteiger partial charge in [-0.05, 0) is 24.0 Å². The van der Waals surface area contributed by atoms with Crippen LogP contribution in [0.15, 0.2) is 72.8 Å². The summed E-state index contributed by atoms with van der Waals surface area (Å²) < 4.78 is 62.7. The Labute approximate surface area is 211 Å². The lowest BCUT2D eigenvalue weighted by Crippen LogP contribution is -2.27. The SMILES string of the molecule is O=C(/C=C/C(=O)OCCCNS(=O)(=O)Cc1ccccc1)OCCCNS(=O)(=O)Cc1ccccc1. The van der Waals surface area contributed by atoms with Gasteiger partial charge in [-0.1, -0.05) is 60.7 Å². The van der Waals surface area contributed by atoms with Crippen molar-refractivity contribution in [1.82, 2.24) is 9.44 Å². The molecule has 0 saturated heterocycles. The highest BCUT2D eigenvalue weighted by molar-refractivity contribution is 7.88. The molecule has 2 aromatic rings. The zero-order valence-electron chi connectivity index (χ0n) is 19.7. The fourth-order valence-electron chi connectivity index (χ4n) is 2.87. The molecule has 0 unspecified atom stereocenters. The standard InChI is InChI=1S/C24H30N2O8S2/c27-23(33-17-7-15-25-35(29,30)19-21-9-3-1-4-10-21)13-14-24(28)34-18-8-16-26-36(31,32)20-22-11-5-2-6-12-22/h1-6,9-14,25-26H,7-8,15-20H2/b14-13+. The van der Waals surface area contributed by atoms with Crippen molar-refractivity contribution in [2.45, 2.75) is 24.3 Å². The third-order valence-electron chi connectivity index (χ3n) is 4.53. The van der Waals surface area contributed by atoms with Crippen molar-refractivity contribution in [3.8, 4) is 0 Å². The summed E-state index contributed by atoms with van der Waals surface area (Å²) in [7, 11) is -6.99. The number of sulfonamides is 2. The normalized spacial score (nSPS) is 11.9. The van der Waals surface area contributed by atoms with Crippen molar-refractivity contribution >= 4 is 32.0 Å². The first-order valence-corrected chi connectivity index (χ1v) is 14.5. The second-order valence-electron chi connectivity index (χ2n) is 7.65. The summed E-state index contributed by atoms with van der Waals surface area (Å²) in [4.78, 5) is 23.3. The molecule has 2 aromatic carbocycles. The lowest BCUT2D eigenvalue weighted by molar-refractivity contribution is -0.140. The molecule has 2 N–H and O–H groups in total. The van der Waals surface area contributed by atoms with Crippen molar-refractivity contribution in [2.75, 3.05) is 26.3 Å². The van der Waals surface area contributed by atoms with Gasteiger partial charge in [0.2, 0.25) is 20.0 Å². The average molecular weight is 539 g/mol. The van der Waals surface area contributed by atoms with Crippen LogP contribution in [-0.4, -0.2) is 55.1 Å². The van der Waals surface area contributed by atoms with Crippen molar-refractivity contribution in [3.63, 3.8) is 0 Å². The Morgan fingerprint density at radius 2 is 1.00 bits per heavy atom. The highest BCUT2D eigenvalue weighted by Gasteiger charge is 2.11. The first-order valence-electron chi connectivity index (χ1n) is 11.2.